The van der Waals surface area contributed by atoms with Crippen LogP contribution in [0.2, 0.25) is 0 Å². The third-order valence-electron chi connectivity index (χ3n) is 1.30. The Kier molecular flexibility index (Phi) is 2.13. The molecule has 1 unspecified atom stereocenters. The number of alkyl halides is 1. The number of halogens is 1. The van der Waals surface area contributed by atoms with Crippen molar-refractivity contribution in [3.63, 3.8) is 0 Å². The lowest BCUT2D eigenvalue weighted by Crippen LogP contribution is -2.21. The van der Waals surface area contributed by atoms with E-state index in [2.05, 4.69) is 27.3 Å². The van der Waals surface area contributed by atoms with Crippen molar-refractivity contribution in [2.75, 3.05) is 0 Å². The Balaban J connectivity index is 2.82. The van der Waals surface area contributed by atoms with Crippen molar-refractivity contribution in [2.45, 2.75) is 11.9 Å². The number of hydrogen-bond donors (Lipinski definition) is 1. The quantitative estimate of drug-likeness (QED) is 0.475. The van der Waals surface area contributed by atoms with Crippen LogP contribution in [0.1, 0.15) is 6.92 Å². The van der Waals surface area contributed by atoms with Crippen LogP contribution in [0.25, 0.3) is 0 Å². The summed E-state index contributed by atoms with van der Waals surface area (Å²) in [5.74, 6) is 0. The van der Waals surface area contributed by atoms with Gasteiger partial charge >= 0.3 is 0 Å². The number of nitrogens with one attached hydrogen (secondary N) is 1. The molecule has 3 heteroatoms. The third kappa shape index (κ3) is 1.39. The molecule has 1 rings (SSSR count). The van der Waals surface area contributed by atoms with Gasteiger partial charge in [0.05, 0.1) is 5.57 Å². The van der Waals surface area contributed by atoms with Crippen molar-refractivity contribution in [2.24, 2.45) is 0 Å². The van der Waals surface area contributed by atoms with Crippen LogP contribution in [0.5, 0.6) is 0 Å². The predicted molar refractivity (Wildman–Crippen MR) is 43.3 cm³/mol. The number of dihydropyridines is 1. The van der Waals surface area contributed by atoms with Crippen LogP contribution in [0, 0.1) is 11.3 Å². The SMILES string of the molecule is CC1=CC(C#N)=CNC1Br. The maximum Gasteiger partial charge on any atom is 0.103 e. The molecule has 1 atom stereocenters. The standard InChI is InChI=1S/C7H7BrN2/c1-5-2-6(3-9)4-10-7(5)8/h2,4,7,10H,1H3. The minimum Gasteiger partial charge on any atom is -0.374 e. The van der Waals surface area contributed by atoms with E-state index in [0.717, 1.165) is 5.57 Å². The van der Waals surface area contributed by atoms with Crippen molar-refractivity contribution in [3.05, 3.63) is 23.4 Å². The average molecular weight is 199 g/mol. The van der Waals surface area contributed by atoms with Crippen molar-refractivity contribution in [3.8, 4) is 6.07 Å². The zero-order valence-corrected chi connectivity index (χ0v) is 7.14. The molecule has 0 amide bonds. The second kappa shape index (κ2) is 2.89. The summed E-state index contributed by atoms with van der Waals surface area (Å²) in [6.07, 6.45) is 3.56. The van der Waals surface area contributed by atoms with Crippen LogP contribution in [-0.4, -0.2) is 4.95 Å². The summed E-state index contributed by atoms with van der Waals surface area (Å²) in [6, 6.07) is 2.06. The predicted octanol–water partition coefficient (Wildman–Crippen LogP) is 1.66. The first-order valence-corrected chi connectivity index (χ1v) is 3.84. The lowest BCUT2D eigenvalue weighted by molar-refractivity contribution is 0.869. The first-order valence-electron chi connectivity index (χ1n) is 2.92. The van der Waals surface area contributed by atoms with Gasteiger partial charge in [0.25, 0.3) is 0 Å². The molecule has 0 aromatic heterocycles. The molecular formula is C7H7BrN2. The second-order valence-electron chi connectivity index (χ2n) is 2.13. The molecule has 0 bridgehead atoms. The minimum atomic E-state index is 0.185. The maximum atomic E-state index is 8.48. The topological polar surface area (TPSA) is 35.8 Å². The lowest BCUT2D eigenvalue weighted by atomic mass is 10.1. The molecule has 0 saturated heterocycles. The zero-order valence-electron chi connectivity index (χ0n) is 5.56. The molecule has 1 heterocycles. The smallest absolute Gasteiger partial charge is 0.103 e. The van der Waals surface area contributed by atoms with Gasteiger partial charge in [-0.1, -0.05) is 15.9 Å². The maximum absolute atomic E-state index is 8.48. The Bertz CT molecular complexity index is 234. The summed E-state index contributed by atoms with van der Waals surface area (Å²) in [5, 5.41) is 11.5. The first kappa shape index (κ1) is 7.36. The van der Waals surface area contributed by atoms with Crippen LogP contribution in [0.3, 0.4) is 0 Å². The summed E-state index contributed by atoms with van der Waals surface area (Å²) in [7, 11) is 0. The van der Waals surface area contributed by atoms with E-state index in [0.29, 0.717) is 5.57 Å². The minimum absolute atomic E-state index is 0.185. The van der Waals surface area contributed by atoms with E-state index < -0.39 is 0 Å². The van der Waals surface area contributed by atoms with E-state index in [-0.39, 0.29) is 4.95 Å². The molecule has 0 radical (unpaired) electrons. The lowest BCUT2D eigenvalue weighted by Gasteiger charge is -2.14. The average Bonchev–Trinajstić information content (AvgIpc) is 1.95. The summed E-state index contributed by atoms with van der Waals surface area (Å²) < 4.78 is 0. The van der Waals surface area contributed by atoms with E-state index in [1.54, 1.807) is 6.20 Å². The molecule has 0 aromatic rings. The van der Waals surface area contributed by atoms with Crippen LogP contribution in [-0.2, 0) is 0 Å². The van der Waals surface area contributed by atoms with Crippen molar-refractivity contribution >= 4 is 15.9 Å². The van der Waals surface area contributed by atoms with Crippen LogP contribution in [0.15, 0.2) is 23.4 Å². The fraction of sp³-hybridized carbons (Fsp3) is 0.286. The fourth-order valence-electron chi connectivity index (χ4n) is 0.719. The summed E-state index contributed by atoms with van der Waals surface area (Å²) >= 11 is 3.38. The Labute approximate surface area is 68.4 Å². The molecule has 1 aliphatic rings. The second-order valence-corrected chi connectivity index (χ2v) is 3.04. The summed E-state index contributed by atoms with van der Waals surface area (Å²) in [4.78, 5) is 0.185. The molecule has 10 heavy (non-hydrogen) atoms. The first-order chi connectivity index (χ1) is 4.74. The molecule has 0 spiro atoms. The van der Waals surface area contributed by atoms with Crippen molar-refractivity contribution in [1.82, 2.24) is 5.32 Å². The van der Waals surface area contributed by atoms with Gasteiger partial charge in [0.1, 0.15) is 11.0 Å². The van der Waals surface area contributed by atoms with Gasteiger partial charge in [-0.3, -0.25) is 0 Å². The number of nitrogens with zero attached hydrogens (tertiary/aromatic N) is 1. The molecule has 1 aliphatic heterocycles. The van der Waals surface area contributed by atoms with Gasteiger partial charge in [-0.05, 0) is 18.6 Å². The van der Waals surface area contributed by atoms with Gasteiger partial charge in [0, 0.05) is 6.20 Å². The summed E-state index contributed by atoms with van der Waals surface area (Å²) in [6.45, 7) is 1.97. The highest BCUT2D eigenvalue weighted by molar-refractivity contribution is 9.09. The van der Waals surface area contributed by atoms with Crippen LogP contribution in [0.4, 0.5) is 0 Å². The van der Waals surface area contributed by atoms with Crippen LogP contribution < -0.4 is 5.32 Å². The summed E-state index contributed by atoms with van der Waals surface area (Å²) in [5.41, 5.74) is 1.80. The Morgan fingerprint density at radius 2 is 2.50 bits per heavy atom. The van der Waals surface area contributed by atoms with Gasteiger partial charge in [0.2, 0.25) is 0 Å². The Morgan fingerprint density at radius 1 is 1.80 bits per heavy atom. The normalized spacial score (nSPS) is 23.9. The van der Waals surface area contributed by atoms with Gasteiger partial charge in [0.15, 0.2) is 0 Å². The highest BCUT2D eigenvalue weighted by Gasteiger charge is 2.08. The number of hydrogen-bond acceptors (Lipinski definition) is 2. The fourth-order valence-corrected chi connectivity index (χ4v) is 0.983. The zero-order chi connectivity index (χ0) is 7.56. The van der Waals surface area contributed by atoms with Gasteiger partial charge in [-0.15, -0.1) is 0 Å². The number of allylic oxidation sites excluding steroid dienone is 2. The highest BCUT2D eigenvalue weighted by Crippen LogP contribution is 2.15. The van der Waals surface area contributed by atoms with E-state index in [1.165, 1.54) is 0 Å². The molecular weight excluding hydrogens is 192 g/mol. The molecule has 0 aliphatic carbocycles. The Hall–Kier alpha value is -0.750. The number of rotatable bonds is 0. The molecule has 2 nitrogen and oxygen atoms in total. The van der Waals surface area contributed by atoms with Crippen LogP contribution >= 0.6 is 15.9 Å². The highest BCUT2D eigenvalue weighted by atomic mass is 79.9. The Morgan fingerprint density at radius 3 is 3.00 bits per heavy atom. The van der Waals surface area contributed by atoms with Gasteiger partial charge in [-0.2, -0.15) is 5.26 Å². The van der Waals surface area contributed by atoms with Crippen molar-refractivity contribution in [1.29, 1.82) is 5.26 Å². The molecule has 0 aromatic carbocycles. The largest absolute Gasteiger partial charge is 0.374 e. The molecule has 0 saturated carbocycles. The third-order valence-corrected chi connectivity index (χ3v) is 2.28. The van der Waals surface area contributed by atoms with E-state index >= 15 is 0 Å². The van der Waals surface area contributed by atoms with Crippen molar-refractivity contribution < 1.29 is 0 Å². The van der Waals surface area contributed by atoms with Gasteiger partial charge < -0.3 is 5.32 Å². The number of nitriles is 1. The van der Waals surface area contributed by atoms with E-state index in [9.17, 15) is 0 Å². The molecule has 52 valence electrons. The molecule has 0 fully saturated rings. The van der Waals surface area contributed by atoms with E-state index in [1.807, 2.05) is 13.0 Å². The van der Waals surface area contributed by atoms with Gasteiger partial charge in [-0.25, -0.2) is 0 Å². The molecule has 1 N–H and O–H groups in total. The monoisotopic (exact) mass is 198 g/mol. The van der Waals surface area contributed by atoms with E-state index in [4.69, 9.17) is 5.26 Å².